The lowest BCUT2D eigenvalue weighted by molar-refractivity contribution is 0.0739. The van der Waals surface area contributed by atoms with Crippen LogP contribution in [0.4, 0.5) is 5.82 Å². The molecule has 28 heavy (non-hydrogen) atoms. The molecule has 0 atom stereocenters. The van der Waals surface area contributed by atoms with Crippen LogP contribution >= 0.6 is 0 Å². The minimum Gasteiger partial charge on any atom is -0.348 e. The van der Waals surface area contributed by atoms with Gasteiger partial charge < -0.3 is 9.80 Å². The third-order valence-corrected chi connectivity index (χ3v) is 5.05. The number of aryl methyl sites for hydroxylation is 2. The number of rotatable bonds is 4. The largest absolute Gasteiger partial charge is 0.348 e. The van der Waals surface area contributed by atoms with E-state index >= 15 is 0 Å². The first-order valence-electron chi connectivity index (χ1n) is 9.55. The maximum absolute atomic E-state index is 12.9. The monoisotopic (exact) mass is 381 g/mol. The third-order valence-electron chi connectivity index (χ3n) is 5.05. The van der Waals surface area contributed by atoms with E-state index in [0.717, 1.165) is 6.54 Å². The van der Waals surface area contributed by atoms with E-state index in [1.165, 1.54) is 0 Å². The summed E-state index contributed by atoms with van der Waals surface area (Å²) in [5.74, 6) is 0.346. The Balaban J connectivity index is 1.54. The quantitative estimate of drug-likeness (QED) is 0.670. The fourth-order valence-corrected chi connectivity index (χ4v) is 3.50. The molecule has 1 fully saturated rings. The van der Waals surface area contributed by atoms with Gasteiger partial charge in [-0.2, -0.15) is 5.10 Å². The highest BCUT2D eigenvalue weighted by Crippen LogP contribution is 2.15. The molecular formula is C19H23N7O2. The highest BCUT2D eigenvalue weighted by Gasteiger charge is 2.26. The van der Waals surface area contributed by atoms with E-state index in [0.29, 0.717) is 55.4 Å². The third kappa shape index (κ3) is 3.12. The van der Waals surface area contributed by atoms with Crippen molar-refractivity contribution in [2.75, 3.05) is 31.1 Å². The predicted octanol–water partition coefficient (Wildman–Crippen LogP) is 0.990. The summed E-state index contributed by atoms with van der Waals surface area (Å²) >= 11 is 0. The number of amides is 1. The Morgan fingerprint density at radius 3 is 2.57 bits per heavy atom. The molecule has 0 spiro atoms. The highest BCUT2D eigenvalue weighted by molar-refractivity contribution is 5.92. The maximum atomic E-state index is 12.9. The molecule has 0 aromatic carbocycles. The van der Waals surface area contributed by atoms with Crippen LogP contribution in [-0.2, 0) is 13.1 Å². The number of anilines is 1. The van der Waals surface area contributed by atoms with Gasteiger partial charge in [0.1, 0.15) is 11.2 Å². The van der Waals surface area contributed by atoms with E-state index in [4.69, 9.17) is 0 Å². The zero-order valence-electron chi connectivity index (χ0n) is 16.1. The van der Waals surface area contributed by atoms with Crippen LogP contribution in [0.1, 0.15) is 24.3 Å². The van der Waals surface area contributed by atoms with E-state index < -0.39 is 0 Å². The van der Waals surface area contributed by atoms with Crippen LogP contribution in [0, 0.1) is 0 Å². The van der Waals surface area contributed by atoms with Gasteiger partial charge in [-0.25, -0.2) is 9.97 Å². The number of hydrogen-bond acceptors (Lipinski definition) is 6. The molecule has 3 aromatic heterocycles. The lowest BCUT2D eigenvalue weighted by Crippen LogP contribution is -2.50. The fourth-order valence-electron chi connectivity index (χ4n) is 3.50. The van der Waals surface area contributed by atoms with Gasteiger partial charge in [-0.05, 0) is 32.0 Å². The molecule has 9 heteroatoms. The number of aromatic nitrogens is 5. The lowest BCUT2D eigenvalue weighted by Gasteiger charge is -2.34. The SMILES string of the molecule is CCn1ccc(C(=O)N2CCN(c3nc4cccnc4n(CC)c3=O)CC2)n1. The van der Waals surface area contributed by atoms with Gasteiger partial charge in [-0.1, -0.05) is 0 Å². The molecular weight excluding hydrogens is 358 g/mol. The van der Waals surface area contributed by atoms with Gasteiger partial charge in [0.15, 0.2) is 11.5 Å². The molecule has 0 bridgehead atoms. The number of carbonyl (C=O) groups is 1. The van der Waals surface area contributed by atoms with Crippen molar-refractivity contribution < 1.29 is 4.79 Å². The summed E-state index contributed by atoms with van der Waals surface area (Å²) in [6, 6.07) is 5.42. The van der Waals surface area contributed by atoms with Crippen molar-refractivity contribution in [2.24, 2.45) is 0 Å². The molecule has 4 rings (SSSR count). The summed E-state index contributed by atoms with van der Waals surface area (Å²) in [5.41, 5.74) is 1.61. The Morgan fingerprint density at radius 2 is 1.89 bits per heavy atom. The smallest absolute Gasteiger partial charge is 0.295 e. The summed E-state index contributed by atoms with van der Waals surface area (Å²) in [6.07, 6.45) is 3.48. The fraction of sp³-hybridized carbons (Fsp3) is 0.421. The average molecular weight is 381 g/mol. The summed E-state index contributed by atoms with van der Waals surface area (Å²) in [7, 11) is 0. The standard InChI is InChI=1S/C19H23N7O2/c1-3-25-9-7-15(22-25)18(27)24-12-10-23(11-13-24)17-19(28)26(4-2)16-14(21-17)6-5-8-20-16/h5-9H,3-4,10-13H2,1-2H3. The molecule has 9 nitrogen and oxygen atoms in total. The van der Waals surface area contributed by atoms with Crippen LogP contribution < -0.4 is 10.5 Å². The first-order valence-corrected chi connectivity index (χ1v) is 9.55. The first-order chi connectivity index (χ1) is 13.6. The van der Waals surface area contributed by atoms with Crippen LogP contribution in [0.3, 0.4) is 0 Å². The Morgan fingerprint density at radius 1 is 1.11 bits per heavy atom. The number of nitrogens with zero attached hydrogens (tertiary/aromatic N) is 7. The van der Waals surface area contributed by atoms with Crippen LogP contribution in [-0.4, -0.2) is 61.3 Å². The zero-order chi connectivity index (χ0) is 19.7. The number of hydrogen-bond donors (Lipinski definition) is 0. The molecule has 1 aliphatic heterocycles. The highest BCUT2D eigenvalue weighted by atomic mass is 16.2. The molecule has 0 radical (unpaired) electrons. The van der Waals surface area contributed by atoms with Crippen molar-refractivity contribution in [1.29, 1.82) is 0 Å². The van der Waals surface area contributed by atoms with Gasteiger partial charge in [0.2, 0.25) is 0 Å². The second-order valence-electron chi connectivity index (χ2n) is 6.67. The van der Waals surface area contributed by atoms with Gasteiger partial charge in [-0.3, -0.25) is 18.8 Å². The van der Waals surface area contributed by atoms with Crippen molar-refractivity contribution in [3.8, 4) is 0 Å². The van der Waals surface area contributed by atoms with Crippen molar-refractivity contribution in [1.82, 2.24) is 29.2 Å². The summed E-state index contributed by atoms with van der Waals surface area (Å²) in [4.78, 5) is 38.2. The van der Waals surface area contributed by atoms with E-state index in [-0.39, 0.29) is 11.5 Å². The Bertz CT molecular complexity index is 1060. The Hall–Kier alpha value is -3.23. The maximum Gasteiger partial charge on any atom is 0.295 e. The van der Waals surface area contributed by atoms with E-state index in [9.17, 15) is 9.59 Å². The van der Waals surface area contributed by atoms with Crippen LogP contribution in [0.2, 0.25) is 0 Å². The molecule has 0 saturated carbocycles. The van der Waals surface area contributed by atoms with E-state index in [1.54, 1.807) is 26.4 Å². The molecule has 0 unspecified atom stereocenters. The molecule has 0 N–H and O–H groups in total. The predicted molar refractivity (Wildman–Crippen MR) is 105 cm³/mol. The van der Waals surface area contributed by atoms with Crippen molar-refractivity contribution in [3.05, 3.63) is 46.6 Å². The Labute approximate surface area is 162 Å². The number of piperazine rings is 1. The minimum absolute atomic E-state index is 0.0755. The molecule has 1 amide bonds. The summed E-state index contributed by atoms with van der Waals surface area (Å²) in [5, 5.41) is 4.29. The van der Waals surface area contributed by atoms with Crippen molar-refractivity contribution in [3.63, 3.8) is 0 Å². The molecule has 4 heterocycles. The second kappa shape index (κ2) is 7.41. The number of pyridine rings is 1. The zero-order valence-corrected chi connectivity index (χ0v) is 16.1. The average Bonchev–Trinajstić information content (AvgIpc) is 3.22. The summed E-state index contributed by atoms with van der Waals surface area (Å²) in [6.45, 7) is 7.32. The van der Waals surface area contributed by atoms with Crippen LogP contribution in [0.5, 0.6) is 0 Å². The Kier molecular flexibility index (Phi) is 4.81. The number of fused-ring (bicyclic) bond motifs is 1. The van der Waals surface area contributed by atoms with E-state index in [2.05, 4.69) is 15.1 Å². The topological polar surface area (TPSA) is 89.2 Å². The van der Waals surface area contributed by atoms with Crippen LogP contribution in [0.25, 0.3) is 11.2 Å². The van der Waals surface area contributed by atoms with E-state index in [1.807, 2.05) is 37.1 Å². The summed E-state index contributed by atoms with van der Waals surface area (Å²) < 4.78 is 3.39. The molecule has 1 saturated heterocycles. The van der Waals surface area contributed by atoms with Gasteiger partial charge in [-0.15, -0.1) is 0 Å². The molecule has 0 aliphatic carbocycles. The first kappa shape index (κ1) is 18.1. The van der Waals surface area contributed by atoms with Gasteiger partial charge in [0.25, 0.3) is 11.5 Å². The second-order valence-corrected chi connectivity index (χ2v) is 6.67. The van der Waals surface area contributed by atoms with Crippen LogP contribution in [0.15, 0.2) is 35.4 Å². The number of carbonyl (C=O) groups excluding carboxylic acids is 1. The molecule has 1 aliphatic rings. The lowest BCUT2D eigenvalue weighted by atomic mass is 10.2. The van der Waals surface area contributed by atoms with Gasteiger partial charge in [0.05, 0.1) is 0 Å². The van der Waals surface area contributed by atoms with Gasteiger partial charge >= 0.3 is 0 Å². The molecule has 3 aromatic rings. The van der Waals surface area contributed by atoms with Gasteiger partial charge in [0, 0.05) is 51.7 Å². The van der Waals surface area contributed by atoms with Crippen molar-refractivity contribution in [2.45, 2.75) is 26.9 Å². The molecule has 146 valence electrons. The normalized spacial score (nSPS) is 14.6. The van der Waals surface area contributed by atoms with Crippen molar-refractivity contribution >= 4 is 22.9 Å². The minimum atomic E-state index is -0.143.